The second-order valence-electron chi connectivity index (χ2n) is 5.61. The Morgan fingerprint density at radius 2 is 1.22 bits per heavy atom. The van der Waals surface area contributed by atoms with Gasteiger partial charge in [0.2, 0.25) is 5.91 Å². The summed E-state index contributed by atoms with van der Waals surface area (Å²) in [5, 5.41) is 1.07. The fraction of sp³-hybridized carbons (Fsp3) is 0.350. The number of rotatable bonds is 9. The Labute approximate surface area is 147 Å². The van der Waals surface area contributed by atoms with Crippen LogP contribution in [-0.2, 0) is 4.79 Å². The first-order chi connectivity index (χ1) is 11.3. The first-order valence-electron chi connectivity index (χ1n) is 8.32. The number of carbonyl (C=O) groups is 1. The lowest BCUT2D eigenvalue weighted by atomic mass is 10.1. The van der Waals surface area contributed by atoms with E-state index in [9.17, 15) is 4.79 Å². The van der Waals surface area contributed by atoms with Crippen molar-refractivity contribution in [2.24, 2.45) is 0 Å². The summed E-state index contributed by atoms with van der Waals surface area (Å²) in [6.07, 6.45) is 6.33. The van der Waals surface area contributed by atoms with E-state index in [2.05, 4.69) is 15.9 Å². The highest BCUT2D eigenvalue weighted by atomic mass is 79.9. The zero-order valence-electron chi connectivity index (χ0n) is 13.5. The van der Waals surface area contributed by atoms with Gasteiger partial charge in [-0.25, -0.2) is 0 Å². The number of benzene rings is 2. The predicted octanol–water partition coefficient (Wildman–Crippen LogP) is 6.09. The lowest BCUT2D eigenvalue weighted by molar-refractivity contribution is -0.118. The first kappa shape index (κ1) is 17.7. The summed E-state index contributed by atoms with van der Waals surface area (Å²) in [5.41, 5.74) is 1.87. The summed E-state index contributed by atoms with van der Waals surface area (Å²) in [6.45, 7) is 0. The number of unbranched alkanes of at least 4 members (excludes halogenated alkanes) is 4. The van der Waals surface area contributed by atoms with E-state index in [1.54, 1.807) is 0 Å². The second-order valence-corrected chi connectivity index (χ2v) is 6.40. The third-order valence-electron chi connectivity index (χ3n) is 3.80. The van der Waals surface area contributed by atoms with Gasteiger partial charge in [-0.15, -0.1) is 0 Å². The molecular weight excluding hydrogens is 350 g/mol. The van der Waals surface area contributed by atoms with Crippen molar-refractivity contribution in [2.75, 3.05) is 10.2 Å². The molecule has 0 fully saturated rings. The highest BCUT2D eigenvalue weighted by molar-refractivity contribution is 9.09. The van der Waals surface area contributed by atoms with Gasteiger partial charge >= 0.3 is 0 Å². The molecule has 0 radical (unpaired) electrons. The molecule has 1 amide bonds. The van der Waals surface area contributed by atoms with Crippen LogP contribution in [0.5, 0.6) is 0 Å². The van der Waals surface area contributed by atoms with Gasteiger partial charge in [0.1, 0.15) is 0 Å². The van der Waals surface area contributed by atoms with Crippen molar-refractivity contribution in [3.63, 3.8) is 0 Å². The van der Waals surface area contributed by atoms with Crippen LogP contribution in [0.2, 0.25) is 0 Å². The molecule has 0 N–H and O–H groups in total. The van der Waals surface area contributed by atoms with Crippen LogP contribution >= 0.6 is 15.9 Å². The van der Waals surface area contributed by atoms with Gasteiger partial charge < -0.3 is 0 Å². The van der Waals surface area contributed by atoms with Gasteiger partial charge in [-0.1, -0.05) is 71.6 Å². The minimum Gasteiger partial charge on any atom is -0.281 e. The zero-order chi connectivity index (χ0) is 16.3. The highest BCUT2D eigenvalue weighted by Gasteiger charge is 2.16. The van der Waals surface area contributed by atoms with E-state index in [1.807, 2.05) is 65.6 Å². The van der Waals surface area contributed by atoms with Gasteiger partial charge in [-0.2, -0.15) is 0 Å². The molecule has 0 atom stereocenters. The molecule has 0 aromatic heterocycles. The Balaban J connectivity index is 1.99. The van der Waals surface area contributed by atoms with E-state index >= 15 is 0 Å². The van der Waals surface area contributed by atoms with Crippen LogP contribution in [0, 0.1) is 0 Å². The molecule has 2 aromatic rings. The number of amides is 1. The molecule has 0 bridgehead atoms. The SMILES string of the molecule is O=C(CCCCCCCBr)N(c1ccccc1)c1ccccc1. The summed E-state index contributed by atoms with van der Waals surface area (Å²) in [6, 6.07) is 19.8. The average molecular weight is 374 g/mol. The van der Waals surface area contributed by atoms with Gasteiger partial charge in [0.25, 0.3) is 0 Å². The molecule has 2 aromatic carbocycles. The molecule has 2 nitrogen and oxygen atoms in total. The number of carbonyl (C=O) groups excluding carboxylic acids is 1. The number of hydrogen-bond donors (Lipinski definition) is 0. The van der Waals surface area contributed by atoms with Crippen LogP contribution < -0.4 is 4.90 Å². The number of para-hydroxylation sites is 2. The van der Waals surface area contributed by atoms with Gasteiger partial charge in [-0.3, -0.25) is 9.69 Å². The number of anilines is 2. The molecule has 0 aliphatic carbocycles. The summed E-state index contributed by atoms with van der Waals surface area (Å²) in [4.78, 5) is 14.6. The fourth-order valence-electron chi connectivity index (χ4n) is 2.60. The molecule has 2 rings (SSSR count). The van der Waals surface area contributed by atoms with Crippen molar-refractivity contribution in [1.29, 1.82) is 0 Å². The Morgan fingerprint density at radius 3 is 1.74 bits per heavy atom. The van der Waals surface area contributed by atoms with Crippen molar-refractivity contribution >= 4 is 33.2 Å². The Kier molecular flexibility index (Phi) is 7.88. The van der Waals surface area contributed by atoms with Crippen LogP contribution in [0.4, 0.5) is 11.4 Å². The predicted molar refractivity (Wildman–Crippen MR) is 102 cm³/mol. The monoisotopic (exact) mass is 373 g/mol. The van der Waals surface area contributed by atoms with E-state index in [-0.39, 0.29) is 5.91 Å². The normalized spacial score (nSPS) is 10.5. The third kappa shape index (κ3) is 5.83. The van der Waals surface area contributed by atoms with Crippen LogP contribution in [-0.4, -0.2) is 11.2 Å². The second kappa shape index (κ2) is 10.2. The smallest absolute Gasteiger partial charge is 0.231 e. The lowest BCUT2D eigenvalue weighted by Crippen LogP contribution is -2.25. The average Bonchev–Trinajstić information content (AvgIpc) is 2.60. The number of halogens is 1. The van der Waals surface area contributed by atoms with E-state index in [1.165, 1.54) is 19.3 Å². The van der Waals surface area contributed by atoms with Crippen LogP contribution in [0.25, 0.3) is 0 Å². The number of alkyl halides is 1. The number of hydrogen-bond acceptors (Lipinski definition) is 1. The molecule has 0 heterocycles. The zero-order valence-corrected chi connectivity index (χ0v) is 15.0. The molecule has 3 heteroatoms. The largest absolute Gasteiger partial charge is 0.281 e. The lowest BCUT2D eigenvalue weighted by Gasteiger charge is -2.23. The summed E-state index contributed by atoms with van der Waals surface area (Å²) in [7, 11) is 0. The van der Waals surface area contributed by atoms with Gasteiger partial charge in [0, 0.05) is 23.1 Å². The van der Waals surface area contributed by atoms with E-state index in [0.29, 0.717) is 6.42 Å². The summed E-state index contributed by atoms with van der Waals surface area (Å²) in [5.74, 6) is 0.169. The third-order valence-corrected chi connectivity index (χ3v) is 4.36. The molecule has 0 unspecified atom stereocenters. The van der Waals surface area contributed by atoms with E-state index in [0.717, 1.165) is 29.5 Å². The van der Waals surface area contributed by atoms with Gasteiger partial charge in [0.15, 0.2) is 0 Å². The van der Waals surface area contributed by atoms with Crippen molar-refractivity contribution in [3.8, 4) is 0 Å². The van der Waals surface area contributed by atoms with Crippen molar-refractivity contribution in [2.45, 2.75) is 38.5 Å². The van der Waals surface area contributed by atoms with Crippen LogP contribution in [0.3, 0.4) is 0 Å². The fourth-order valence-corrected chi connectivity index (χ4v) is 3.00. The maximum absolute atomic E-state index is 12.8. The summed E-state index contributed by atoms with van der Waals surface area (Å²) < 4.78 is 0. The minimum absolute atomic E-state index is 0.169. The molecule has 0 spiro atoms. The number of nitrogens with zero attached hydrogens (tertiary/aromatic N) is 1. The standard InChI is InChI=1S/C20H24BrNO/c21-17-11-3-1-2-10-16-20(23)22(18-12-6-4-7-13-18)19-14-8-5-9-15-19/h4-9,12-15H,1-3,10-11,16-17H2. The van der Waals surface area contributed by atoms with Crippen LogP contribution in [0.1, 0.15) is 38.5 Å². The van der Waals surface area contributed by atoms with E-state index in [4.69, 9.17) is 0 Å². The van der Waals surface area contributed by atoms with Crippen LogP contribution in [0.15, 0.2) is 60.7 Å². The Bertz CT molecular complexity index is 531. The van der Waals surface area contributed by atoms with Crippen molar-refractivity contribution < 1.29 is 4.79 Å². The molecule has 0 saturated heterocycles. The molecule has 0 aliphatic heterocycles. The van der Waals surface area contributed by atoms with Crippen molar-refractivity contribution in [3.05, 3.63) is 60.7 Å². The highest BCUT2D eigenvalue weighted by Crippen LogP contribution is 2.26. The molecule has 23 heavy (non-hydrogen) atoms. The van der Waals surface area contributed by atoms with Crippen molar-refractivity contribution in [1.82, 2.24) is 0 Å². The maximum atomic E-state index is 12.8. The molecular formula is C20H24BrNO. The van der Waals surface area contributed by atoms with Gasteiger partial charge in [-0.05, 0) is 37.1 Å². The topological polar surface area (TPSA) is 20.3 Å². The molecule has 0 aliphatic rings. The Morgan fingerprint density at radius 1 is 0.739 bits per heavy atom. The summed E-state index contributed by atoms with van der Waals surface area (Å²) >= 11 is 3.45. The minimum atomic E-state index is 0.169. The maximum Gasteiger partial charge on any atom is 0.231 e. The Hall–Kier alpha value is -1.61. The molecule has 0 saturated carbocycles. The van der Waals surface area contributed by atoms with Gasteiger partial charge in [0.05, 0.1) is 0 Å². The van der Waals surface area contributed by atoms with E-state index < -0.39 is 0 Å². The quantitative estimate of drug-likeness (QED) is 0.384. The first-order valence-corrected chi connectivity index (χ1v) is 9.44. The molecule has 122 valence electrons.